The van der Waals surface area contributed by atoms with Crippen LogP contribution in [0.3, 0.4) is 0 Å². The molecule has 2 rings (SSSR count). The number of nitrogens with one attached hydrogen (secondary N) is 1. The van der Waals surface area contributed by atoms with Gasteiger partial charge >= 0.3 is 0 Å². The molecule has 1 heterocycles. The third kappa shape index (κ3) is 3.02. The number of hydrogen-bond donors (Lipinski definition) is 1. The van der Waals surface area contributed by atoms with Crippen LogP contribution in [0.2, 0.25) is 0 Å². The van der Waals surface area contributed by atoms with E-state index in [4.69, 9.17) is 0 Å². The third-order valence-electron chi connectivity index (χ3n) is 4.48. The summed E-state index contributed by atoms with van der Waals surface area (Å²) < 4.78 is 23.2. The Labute approximate surface area is 105 Å². The van der Waals surface area contributed by atoms with Crippen molar-refractivity contribution in [2.45, 2.75) is 39.5 Å². The van der Waals surface area contributed by atoms with Gasteiger partial charge in [-0.3, -0.25) is 0 Å². The van der Waals surface area contributed by atoms with Gasteiger partial charge in [-0.05, 0) is 43.1 Å². The molecule has 1 aliphatic carbocycles. The molecule has 3 nitrogen and oxygen atoms in total. The minimum atomic E-state index is -2.72. The van der Waals surface area contributed by atoms with E-state index in [0.29, 0.717) is 28.8 Å². The third-order valence-corrected chi connectivity index (χ3v) is 6.25. The van der Waals surface area contributed by atoms with E-state index in [1.165, 1.54) is 19.3 Å². The first-order chi connectivity index (χ1) is 7.94. The Morgan fingerprint density at radius 1 is 1.35 bits per heavy atom. The average Bonchev–Trinajstić information content (AvgIpc) is 2.50. The van der Waals surface area contributed by atoms with Crippen LogP contribution < -0.4 is 5.32 Å². The maximum absolute atomic E-state index is 11.6. The monoisotopic (exact) mass is 259 g/mol. The van der Waals surface area contributed by atoms with Crippen molar-refractivity contribution in [2.24, 2.45) is 17.3 Å². The van der Waals surface area contributed by atoms with Crippen molar-refractivity contribution in [1.82, 2.24) is 5.32 Å². The van der Waals surface area contributed by atoms with E-state index in [-0.39, 0.29) is 0 Å². The molecule has 1 atom stereocenters. The highest BCUT2D eigenvalue weighted by Crippen LogP contribution is 2.50. The van der Waals surface area contributed by atoms with Gasteiger partial charge in [-0.2, -0.15) is 0 Å². The normalized spacial score (nSPS) is 30.4. The molecule has 0 aromatic carbocycles. The van der Waals surface area contributed by atoms with Gasteiger partial charge < -0.3 is 5.32 Å². The first-order valence-corrected chi connectivity index (χ1v) is 8.67. The van der Waals surface area contributed by atoms with Gasteiger partial charge in [-0.15, -0.1) is 0 Å². The second-order valence-corrected chi connectivity index (χ2v) is 8.57. The maximum atomic E-state index is 11.6. The van der Waals surface area contributed by atoms with E-state index in [0.717, 1.165) is 19.5 Å². The van der Waals surface area contributed by atoms with Crippen LogP contribution in [0.4, 0.5) is 0 Å². The predicted octanol–water partition coefficient (Wildman–Crippen LogP) is 1.84. The molecule has 100 valence electrons. The van der Waals surface area contributed by atoms with Crippen LogP contribution in [-0.2, 0) is 9.84 Å². The van der Waals surface area contributed by atoms with Crippen molar-refractivity contribution in [2.75, 3.05) is 24.6 Å². The van der Waals surface area contributed by atoms with Crippen LogP contribution in [0.15, 0.2) is 0 Å². The Balaban J connectivity index is 1.91. The van der Waals surface area contributed by atoms with Crippen molar-refractivity contribution in [3.8, 4) is 0 Å². The van der Waals surface area contributed by atoms with E-state index < -0.39 is 9.84 Å². The summed E-state index contributed by atoms with van der Waals surface area (Å²) in [5.41, 5.74) is 0.304. The van der Waals surface area contributed by atoms with E-state index in [1.54, 1.807) is 0 Å². The summed E-state index contributed by atoms with van der Waals surface area (Å²) in [7, 11) is -2.72. The Bertz CT molecular complexity index is 358. The van der Waals surface area contributed by atoms with E-state index >= 15 is 0 Å². The van der Waals surface area contributed by atoms with Crippen molar-refractivity contribution in [3.05, 3.63) is 0 Å². The summed E-state index contributed by atoms with van der Waals surface area (Å²) in [4.78, 5) is 0. The molecule has 0 radical (unpaired) electrons. The summed E-state index contributed by atoms with van der Waals surface area (Å²) in [5, 5.41) is 3.54. The van der Waals surface area contributed by atoms with Gasteiger partial charge in [0.1, 0.15) is 0 Å². The Kier molecular flexibility index (Phi) is 3.83. The second-order valence-electron chi connectivity index (χ2n) is 6.34. The molecular weight excluding hydrogens is 234 g/mol. The molecule has 1 saturated heterocycles. The predicted molar refractivity (Wildman–Crippen MR) is 70.8 cm³/mol. The maximum Gasteiger partial charge on any atom is 0.150 e. The number of rotatable bonds is 5. The topological polar surface area (TPSA) is 46.2 Å². The molecule has 0 aromatic rings. The molecule has 0 spiro atoms. The molecule has 1 saturated carbocycles. The largest absolute Gasteiger partial charge is 0.316 e. The smallest absolute Gasteiger partial charge is 0.150 e. The standard InChI is InChI=1S/C13H25NO2S/c1-11(2)8-14-10-13(5-3-6-13)12-4-7-17(15,16)9-12/h11-12,14H,3-10H2,1-2H3. The van der Waals surface area contributed by atoms with Gasteiger partial charge in [0.15, 0.2) is 9.84 Å². The highest BCUT2D eigenvalue weighted by Gasteiger charge is 2.47. The van der Waals surface area contributed by atoms with Crippen molar-refractivity contribution >= 4 is 9.84 Å². The number of sulfone groups is 1. The van der Waals surface area contributed by atoms with Crippen molar-refractivity contribution < 1.29 is 8.42 Å². The highest BCUT2D eigenvalue weighted by atomic mass is 32.2. The van der Waals surface area contributed by atoms with E-state index in [9.17, 15) is 8.42 Å². The van der Waals surface area contributed by atoms with Gasteiger partial charge in [0.2, 0.25) is 0 Å². The Morgan fingerprint density at radius 2 is 2.06 bits per heavy atom. The first kappa shape index (κ1) is 13.3. The Morgan fingerprint density at radius 3 is 2.47 bits per heavy atom. The van der Waals surface area contributed by atoms with E-state index in [1.807, 2.05) is 0 Å². The molecule has 0 amide bonds. The van der Waals surface area contributed by atoms with Crippen LogP contribution in [0, 0.1) is 17.3 Å². The van der Waals surface area contributed by atoms with Gasteiger partial charge in [0.05, 0.1) is 11.5 Å². The summed E-state index contributed by atoms with van der Waals surface area (Å²) in [6.07, 6.45) is 4.61. The zero-order valence-electron chi connectivity index (χ0n) is 11.0. The van der Waals surface area contributed by atoms with Gasteiger partial charge in [0, 0.05) is 6.54 Å². The zero-order valence-corrected chi connectivity index (χ0v) is 11.9. The van der Waals surface area contributed by atoms with Gasteiger partial charge in [-0.1, -0.05) is 20.3 Å². The fraction of sp³-hybridized carbons (Fsp3) is 1.00. The fourth-order valence-electron chi connectivity index (χ4n) is 3.25. The zero-order chi connectivity index (χ0) is 12.5. The molecule has 0 aromatic heterocycles. The molecule has 2 aliphatic rings. The minimum Gasteiger partial charge on any atom is -0.316 e. The fourth-order valence-corrected chi connectivity index (χ4v) is 5.19. The SMILES string of the molecule is CC(C)CNCC1(C2CCS(=O)(=O)C2)CCC1. The summed E-state index contributed by atoms with van der Waals surface area (Å²) >= 11 is 0. The van der Waals surface area contributed by atoms with Crippen LogP contribution in [0.1, 0.15) is 39.5 Å². The molecule has 1 N–H and O–H groups in total. The quantitative estimate of drug-likeness (QED) is 0.819. The molecule has 4 heteroatoms. The van der Waals surface area contributed by atoms with Crippen LogP contribution in [0.25, 0.3) is 0 Å². The molecule has 1 aliphatic heterocycles. The summed E-state index contributed by atoms with van der Waals surface area (Å²) in [6, 6.07) is 0. The van der Waals surface area contributed by atoms with Crippen LogP contribution >= 0.6 is 0 Å². The second kappa shape index (κ2) is 4.88. The molecule has 0 bridgehead atoms. The van der Waals surface area contributed by atoms with Gasteiger partial charge in [-0.25, -0.2) is 8.42 Å². The van der Waals surface area contributed by atoms with Crippen LogP contribution in [0.5, 0.6) is 0 Å². The van der Waals surface area contributed by atoms with Crippen molar-refractivity contribution in [1.29, 1.82) is 0 Å². The van der Waals surface area contributed by atoms with Gasteiger partial charge in [0.25, 0.3) is 0 Å². The Hall–Kier alpha value is -0.0900. The summed E-state index contributed by atoms with van der Waals surface area (Å²) in [6.45, 7) is 6.48. The van der Waals surface area contributed by atoms with E-state index in [2.05, 4.69) is 19.2 Å². The lowest BCUT2D eigenvalue weighted by Crippen LogP contribution is -2.46. The molecule has 2 fully saturated rings. The highest BCUT2D eigenvalue weighted by molar-refractivity contribution is 7.91. The average molecular weight is 259 g/mol. The summed E-state index contributed by atoms with van der Waals surface area (Å²) in [5.74, 6) is 1.94. The first-order valence-electron chi connectivity index (χ1n) is 6.85. The minimum absolute atomic E-state index is 0.304. The molecule has 1 unspecified atom stereocenters. The number of hydrogen-bond acceptors (Lipinski definition) is 3. The lowest BCUT2D eigenvalue weighted by molar-refractivity contribution is 0.0611. The lowest BCUT2D eigenvalue weighted by Gasteiger charge is -2.46. The van der Waals surface area contributed by atoms with Crippen LogP contribution in [-0.4, -0.2) is 33.0 Å². The lowest BCUT2D eigenvalue weighted by atomic mass is 9.61. The van der Waals surface area contributed by atoms with Crippen molar-refractivity contribution in [3.63, 3.8) is 0 Å². The molecular formula is C13H25NO2S. The molecule has 17 heavy (non-hydrogen) atoms.